The molecule has 24 heavy (non-hydrogen) atoms. The maximum Gasteiger partial charge on any atom is 0.315 e. The van der Waals surface area contributed by atoms with Crippen LogP contribution < -0.4 is 5.56 Å². The van der Waals surface area contributed by atoms with Crippen molar-refractivity contribution >= 4 is 55.7 Å². The number of carbonyl (C=O) groups excluding carboxylic acids is 1. The standard InChI is InChI=1S/C16H12Cl2N2O3S/c1-15(8-16(15,17)18)13(22)23-7-9-6-12(21)20-10-4-2-3-5-11(10)24-14(20)19-9/h2-6H,7-8H2,1H3/t15-/m0/s1. The summed E-state index contributed by atoms with van der Waals surface area (Å²) >= 11 is 13.4. The second-order valence-corrected chi connectivity index (χ2v) is 8.56. The van der Waals surface area contributed by atoms with E-state index in [4.69, 9.17) is 27.9 Å². The van der Waals surface area contributed by atoms with Crippen molar-refractivity contribution in [3.8, 4) is 0 Å². The van der Waals surface area contributed by atoms with E-state index >= 15 is 0 Å². The Kier molecular flexibility index (Phi) is 3.43. The number of aromatic nitrogens is 2. The van der Waals surface area contributed by atoms with E-state index in [9.17, 15) is 9.59 Å². The molecule has 0 bridgehead atoms. The molecule has 0 spiro atoms. The number of carbonyl (C=O) groups is 1. The Morgan fingerprint density at radius 2 is 2.12 bits per heavy atom. The summed E-state index contributed by atoms with van der Waals surface area (Å²) in [7, 11) is 0. The normalized spacial score (nSPS) is 22.0. The van der Waals surface area contributed by atoms with E-state index in [0.717, 1.165) is 10.2 Å². The first-order chi connectivity index (χ1) is 11.3. The van der Waals surface area contributed by atoms with Crippen LogP contribution in [0.5, 0.6) is 0 Å². The fourth-order valence-electron chi connectivity index (χ4n) is 2.62. The number of fused-ring (bicyclic) bond motifs is 3. The molecular formula is C16H12Cl2N2O3S. The minimum Gasteiger partial charge on any atom is -0.459 e. The van der Waals surface area contributed by atoms with Crippen molar-refractivity contribution in [1.82, 2.24) is 9.38 Å². The van der Waals surface area contributed by atoms with Crippen molar-refractivity contribution in [2.24, 2.45) is 5.41 Å². The Morgan fingerprint density at radius 3 is 2.83 bits per heavy atom. The Hall–Kier alpha value is -1.63. The fourth-order valence-corrected chi connectivity index (χ4v) is 4.36. The average molecular weight is 383 g/mol. The Balaban J connectivity index is 1.63. The van der Waals surface area contributed by atoms with Crippen LogP contribution in [0, 0.1) is 5.41 Å². The molecule has 8 heteroatoms. The van der Waals surface area contributed by atoms with E-state index in [2.05, 4.69) is 4.98 Å². The lowest BCUT2D eigenvalue weighted by Gasteiger charge is -2.11. The molecule has 5 nitrogen and oxygen atoms in total. The lowest BCUT2D eigenvalue weighted by Crippen LogP contribution is -2.22. The van der Waals surface area contributed by atoms with Gasteiger partial charge >= 0.3 is 5.97 Å². The number of alkyl halides is 2. The highest BCUT2D eigenvalue weighted by Crippen LogP contribution is 2.64. The summed E-state index contributed by atoms with van der Waals surface area (Å²) in [4.78, 5) is 29.5. The molecule has 1 aromatic carbocycles. The number of halogens is 2. The first-order valence-corrected chi connectivity index (χ1v) is 8.84. The van der Waals surface area contributed by atoms with Crippen molar-refractivity contribution in [1.29, 1.82) is 0 Å². The predicted octanol–water partition coefficient (Wildman–Crippen LogP) is 3.54. The van der Waals surface area contributed by atoms with Crippen molar-refractivity contribution in [2.45, 2.75) is 24.3 Å². The number of hydrogen-bond donors (Lipinski definition) is 0. The summed E-state index contributed by atoms with van der Waals surface area (Å²) in [5.74, 6) is -0.481. The average Bonchev–Trinajstić information content (AvgIpc) is 2.90. The predicted molar refractivity (Wildman–Crippen MR) is 93.8 cm³/mol. The third-order valence-corrected chi connectivity index (χ3v) is 6.43. The van der Waals surface area contributed by atoms with E-state index in [1.54, 1.807) is 11.3 Å². The smallest absolute Gasteiger partial charge is 0.315 e. The molecule has 2 heterocycles. The molecule has 1 saturated carbocycles. The number of benzene rings is 1. The van der Waals surface area contributed by atoms with Gasteiger partial charge in [0.1, 0.15) is 16.4 Å². The summed E-state index contributed by atoms with van der Waals surface area (Å²) in [5.41, 5.74) is 0.120. The van der Waals surface area contributed by atoms with Crippen molar-refractivity contribution in [3.05, 3.63) is 46.4 Å². The molecule has 0 N–H and O–H groups in total. The third kappa shape index (κ3) is 2.32. The van der Waals surface area contributed by atoms with E-state index in [0.29, 0.717) is 17.1 Å². The Morgan fingerprint density at radius 1 is 1.42 bits per heavy atom. The SMILES string of the molecule is C[C@@]1(C(=O)OCc2cc(=O)n3c(n2)sc2ccccc23)CC1(Cl)Cl. The lowest BCUT2D eigenvalue weighted by atomic mass is 10.1. The largest absolute Gasteiger partial charge is 0.459 e. The van der Waals surface area contributed by atoms with Crippen LogP contribution in [0.1, 0.15) is 19.0 Å². The number of esters is 1. The van der Waals surface area contributed by atoms with Crippen LogP contribution in [0.2, 0.25) is 0 Å². The molecule has 0 unspecified atom stereocenters. The molecular weight excluding hydrogens is 371 g/mol. The quantitative estimate of drug-likeness (QED) is 0.513. The maximum atomic E-state index is 12.4. The first-order valence-electron chi connectivity index (χ1n) is 7.27. The summed E-state index contributed by atoms with van der Waals surface area (Å²) in [5, 5.41) is 0. The van der Waals surface area contributed by atoms with Gasteiger partial charge in [0.25, 0.3) is 5.56 Å². The van der Waals surface area contributed by atoms with Gasteiger partial charge in [0.05, 0.1) is 15.9 Å². The zero-order valence-electron chi connectivity index (χ0n) is 12.6. The number of thiazole rings is 1. The third-order valence-electron chi connectivity index (χ3n) is 4.31. The van der Waals surface area contributed by atoms with Gasteiger partial charge in [0, 0.05) is 12.5 Å². The van der Waals surface area contributed by atoms with Gasteiger partial charge in [-0.3, -0.25) is 14.0 Å². The molecule has 0 saturated heterocycles. The van der Waals surface area contributed by atoms with Gasteiger partial charge in [0.2, 0.25) is 0 Å². The van der Waals surface area contributed by atoms with Crippen molar-refractivity contribution in [3.63, 3.8) is 0 Å². The van der Waals surface area contributed by atoms with E-state index in [1.807, 2.05) is 24.3 Å². The van der Waals surface area contributed by atoms with Crippen LogP contribution >= 0.6 is 34.5 Å². The van der Waals surface area contributed by atoms with Crippen LogP contribution in [0.15, 0.2) is 35.1 Å². The van der Waals surface area contributed by atoms with E-state index in [1.165, 1.54) is 17.4 Å². The van der Waals surface area contributed by atoms with E-state index < -0.39 is 15.7 Å². The van der Waals surface area contributed by atoms with Gasteiger partial charge in [-0.15, -0.1) is 23.2 Å². The number of ether oxygens (including phenoxy) is 1. The highest BCUT2D eigenvalue weighted by Gasteiger charge is 2.69. The molecule has 1 aliphatic rings. The van der Waals surface area contributed by atoms with Gasteiger partial charge in [-0.05, 0) is 19.1 Å². The molecule has 4 rings (SSSR count). The highest BCUT2D eigenvalue weighted by atomic mass is 35.5. The summed E-state index contributed by atoms with van der Waals surface area (Å²) in [6.45, 7) is 1.57. The maximum absolute atomic E-state index is 12.4. The zero-order chi connectivity index (χ0) is 17.1. The topological polar surface area (TPSA) is 60.7 Å². The number of rotatable bonds is 3. The monoisotopic (exact) mass is 382 g/mol. The van der Waals surface area contributed by atoms with Crippen molar-refractivity contribution < 1.29 is 9.53 Å². The van der Waals surface area contributed by atoms with Crippen LogP contribution in [-0.4, -0.2) is 19.7 Å². The van der Waals surface area contributed by atoms with Crippen LogP contribution in [0.25, 0.3) is 15.2 Å². The van der Waals surface area contributed by atoms with Crippen molar-refractivity contribution in [2.75, 3.05) is 0 Å². The van der Waals surface area contributed by atoms with Gasteiger partial charge in [-0.2, -0.15) is 0 Å². The summed E-state index contributed by atoms with van der Waals surface area (Å²) < 4.78 is 6.70. The van der Waals surface area contributed by atoms with Gasteiger partial charge in [-0.25, -0.2) is 4.98 Å². The number of para-hydroxylation sites is 1. The first kappa shape index (κ1) is 15.9. The Bertz CT molecular complexity index is 1040. The van der Waals surface area contributed by atoms with Gasteiger partial charge in [0.15, 0.2) is 4.96 Å². The molecule has 1 aliphatic carbocycles. The van der Waals surface area contributed by atoms with E-state index in [-0.39, 0.29) is 12.2 Å². The molecule has 0 amide bonds. The number of nitrogens with zero attached hydrogens (tertiary/aromatic N) is 2. The van der Waals surface area contributed by atoms with Crippen LogP contribution in [0.4, 0.5) is 0 Å². The fraction of sp³-hybridized carbons (Fsp3) is 0.312. The second-order valence-electron chi connectivity index (χ2n) is 6.06. The molecule has 1 atom stereocenters. The van der Waals surface area contributed by atoms with Crippen LogP contribution in [0.3, 0.4) is 0 Å². The van der Waals surface area contributed by atoms with Crippen LogP contribution in [-0.2, 0) is 16.1 Å². The number of hydrogen-bond acceptors (Lipinski definition) is 5. The molecule has 2 aromatic heterocycles. The second kappa shape index (κ2) is 5.18. The summed E-state index contributed by atoms with van der Waals surface area (Å²) in [6.07, 6.45) is 0.355. The van der Waals surface area contributed by atoms with Gasteiger partial charge in [-0.1, -0.05) is 23.5 Å². The van der Waals surface area contributed by atoms with Gasteiger partial charge < -0.3 is 4.74 Å². The molecule has 1 fully saturated rings. The molecule has 0 aliphatic heterocycles. The minimum absolute atomic E-state index is 0.0851. The Labute approximate surface area is 150 Å². The minimum atomic E-state index is -1.08. The lowest BCUT2D eigenvalue weighted by molar-refractivity contribution is -0.151. The molecule has 124 valence electrons. The highest BCUT2D eigenvalue weighted by molar-refractivity contribution is 7.23. The zero-order valence-corrected chi connectivity index (χ0v) is 14.9. The summed E-state index contributed by atoms with van der Waals surface area (Å²) in [6, 6.07) is 8.96. The molecule has 0 radical (unpaired) electrons. The molecule has 3 aromatic rings.